The van der Waals surface area contributed by atoms with Crippen molar-refractivity contribution in [2.75, 3.05) is 6.26 Å². The van der Waals surface area contributed by atoms with Crippen molar-refractivity contribution in [3.8, 4) is 0 Å². The number of nitrogens with zero attached hydrogens (tertiary/aromatic N) is 1. The van der Waals surface area contributed by atoms with Crippen LogP contribution in [0.5, 0.6) is 0 Å². The maximum absolute atomic E-state index is 12.9. The van der Waals surface area contributed by atoms with Crippen LogP contribution in [-0.2, 0) is 21.2 Å². The van der Waals surface area contributed by atoms with Gasteiger partial charge in [0.05, 0.1) is 26.0 Å². The van der Waals surface area contributed by atoms with Crippen LogP contribution in [0.15, 0.2) is 65.6 Å². The van der Waals surface area contributed by atoms with Crippen LogP contribution < -0.4 is 5.32 Å². The van der Waals surface area contributed by atoms with E-state index < -0.39 is 9.84 Å². The van der Waals surface area contributed by atoms with Gasteiger partial charge in [-0.25, -0.2) is 13.4 Å². The molecule has 1 N–H and O–H groups in total. The summed E-state index contributed by atoms with van der Waals surface area (Å²) in [7, 11) is -3.22. The molecule has 0 aliphatic heterocycles. The van der Waals surface area contributed by atoms with Gasteiger partial charge in [-0.3, -0.25) is 4.79 Å². The Bertz CT molecular complexity index is 1130. The Balaban J connectivity index is 1.47. The number of carbonyl (C=O) groups is 1. The number of fused-ring (bicyclic) bond motifs is 1. The number of hydrogen-bond donors (Lipinski definition) is 1. The first-order valence-corrected chi connectivity index (χ1v) is 12.2. The molecule has 1 heterocycles. The summed E-state index contributed by atoms with van der Waals surface area (Å²) in [6.45, 7) is 0.371. The average Bonchev–Trinajstić information content (AvgIpc) is 3.16. The average molecular weight is 427 g/mol. The first-order valence-electron chi connectivity index (χ1n) is 9.49. The van der Waals surface area contributed by atoms with Crippen molar-refractivity contribution in [3.05, 3.63) is 71.3 Å². The molecule has 1 aliphatic rings. The van der Waals surface area contributed by atoms with Gasteiger partial charge >= 0.3 is 0 Å². The number of hydrogen-bond acceptors (Lipinski definition) is 5. The molecule has 0 saturated carbocycles. The second-order valence-electron chi connectivity index (χ2n) is 7.31. The van der Waals surface area contributed by atoms with Crippen molar-refractivity contribution in [2.45, 2.75) is 30.2 Å². The standard InChI is InChI=1S/C22H22N2O3S2/c1-29(26,27)16-12-10-15(11-13-16)14-23-21(25)17-6-2-3-7-18(17)22-24-19-8-4-5-9-20(19)28-22/h2-5,8-13,17-18H,6-7,14H2,1H3,(H,23,25)/t17-,18-/m0/s1. The van der Waals surface area contributed by atoms with Gasteiger partial charge in [-0.1, -0.05) is 36.4 Å². The highest BCUT2D eigenvalue weighted by atomic mass is 32.2. The van der Waals surface area contributed by atoms with Gasteiger partial charge in [-0.15, -0.1) is 11.3 Å². The summed E-state index contributed by atoms with van der Waals surface area (Å²) in [5.74, 6) is -0.0772. The van der Waals surface area contributed by atoms with E-state index in [0.29, 0.717) is 13.0 Å². The molecule has 0 spiro atoms. The van der Waals surface area contributed by atoms with Crippen molar-refractivity contribution >= 4 is 37.3 Å². The summed E-state index contributed by atoms with van der Waals surface area (Å²) in [5.41, 5.74) is 1.85. The van der Waals surface area contributed by atoms with E-state index in [9.17, 15) is 13.2 Å². The van der Waals surface area contributed by atoms with Crippen molar-refractivity contribution in [1.29, 1.82) is 0 Å². The number of amides is 1. The maximum atomic E-state index is 12.9. The van der Waals surface area contributed by atoms with Crippen molar-refractivity contribution in [1.82, 2.24) is 10.3 Å². The number of thiazole rings is 1. The number of rotatable bonds is 5. The molecule has 0 fully saturated rings. The Morgan fingerprint density at radius 2 is 1.83 bits per heavy atom. The van der Waals surface area contributed by atoms with E-state index in [4.69, 9.17) is 4.98 Å². The molecule has 0 saturated heterocycles. The van der Waals surface area contributed by atoms with Crippen molar-refractivity contribution in [3.63, 3.8) is 0 Å². The predicted octanol–water partition coefficient (Wildman–Crippen LogP) is 4.07. The van der Waals surface area contributed by atoms with Gasteiger partial charge in [0.15, 0.2) is 9.84 Å². The summed E-state index contributed by atoms with van der Waals surface area (Å²) in [4.78, 5) is 18.0. The van der Waals surface area contributed by atoms with Crippen LogP contribution in [0.4, 0.5) is 0 Å². The molecule has 2 aromatic carbocycles. The number of benzene rings is 2. The zero-order valence-electron chi connectivity index (χ0n) is 16.0. The predicted molar refractivity (Wildman–Crippen MR) is 116 cm³/mol. The Hall–Kier alpha value is -2.51. The first-order chi connectivity index (χ1) is 13.9. The normalized spacial score (nSPS) is 19.3. The largest absolute Gasteiger partial charge is 0.352 e. The molecule has 3 aromatic rings. The zero-order valence-corrected chi connectivity index (χ0v) is 17.7. The van der Waals surface area contributed by atoms with E-state index in [1.807, 2.05) is 18.2 Å². The lowest BCUT2D eigenvalue weighted by Gasteiger charge is -2.26. The molecular formula is C22H22N2O3S2. The van der Waals surface area contributed by atoms with E-state index in [0.717, 1.165) is 27.2 Å². The van der Waals surface area contributed by atoms with Crippen LogP contribution in [-0.4, -0.2) is 25.6 Å². The van der Waals surface area contributed by atoms with Gasteiger partial charge in [0, 0.05) is 18.7 Å². The fourth-order valence-corrected chi connectivity index (χ4v) is 5.38. The number of para-hydroxylation sites is 1. The smallest absolute Gasteiger partial charge is 0.224 e. The highest BCUT2D eigenvalue weighted by molar-refractivity contribution is 7.90. The summed E-state index contributed by atoms with van der Waals surface area (Å²) in [5, 5.41) is 4.02. The molecule has 0 bridgehead atoms. The summed E-state index contributed by atoms with van der Waals surface area (Å²) < 4.78 is 24.3. The fourth-order valence-electron chi connectivity index (χ4n) is 3.60. The number of carbonyl (C=O) groups excluding carboxylic acids is 1. The van der Waals surface area contributed by atoms with Crippen LogP contribution in [0, 0.1) is 5.92 Å². The molecule has 4 rings (SSSR count). The van der Waals surface area contributed by atoms with Crippen molar-refractivity contribution < 1.29 is 13.2 Å². The van der Waals surface area contributed by atoms with Crippen LogP contribution in [0.25, 0.3) is 10.2 Å². The maximum Gasteiger partial charge on any atom is 0.224 e. The molecule has 29 heavy (non-hydrogen) atoms. The molecule has 0 unspecified atom stereocenters. The van der Waals surface area contributed by atoms with E-state index in [2.05, 4.69) is 23.5 Å². The third kappa shape index (κ3) is 4.41. The molecule has 0 radical (unpaired) electrons. The highest BCUT2D eigenvalue weighted by Gasteiger charge is 2.32. The quantitative estimate of drug-likeness (QED) is 0.624. The Kier molecular flexibility index (Phi) is 5.52. The van der Waals surface area contributed by atoms with E-state index >= 15 is 0 Å². The lowest BCUT2D eigenvalue weighted by molar-refractivity contribution is -0.125. The summed E-state index contributed by atoms with van der Waals surface area (Å²) in [6.07, 6.45) is 6.88. The van der Waals surface area contributed by atoms with E-state index in [1.165, 1.54) is 6.26 Å². The molecule has 7 heteroatoms. The second-order valence-corrected chi connectivity index (χ2v) is 10.4. The Morgan fingerprint density at radius 3 is 2.55 bits per heavy atom. The van der Waals surface area contributed by atoms with Crippen molar-refractivity contribution in [2.24, 2.45) is 5.92 Å². The number of allylic oxidation sites excluding steroid dienone is 2. The highest BCUT2D eigenvalue weighted by Crippen LogP contribution is 2.38. The Labute approximate surface area is 174 Å². The van der Waals surface area contributed by atoms with Gasteiger partial charge < -0.3 is 5.32 Å². The Morgan fingerprint density at radius 1 is 1.10 bits per heavy atom. The monoisotopic (exact) mass is 426 g/mol. The van der Waals surface area contributed by atoms with Crippen LogP contribution in [0.1, 0.15) is 29.3 Å². The first kappa shape index (κ1) is 19.8. The van der Waals surface area contributed by atoms with Gasteiger partial charge in [-0.05, 0) is 42.7 Å². The third-order valence-corrected chi connectivity index (χ3v) is 7.51. The van der Waals surface area contributed by atoms with Crippen LogP contribution in [0.2, 0.25) is 0 Å². The topological polar surface area (TPSA) is 76.1 Å². The van der Waals surface area contributed by atoms with Crippen LogP contribution >= 0.6 is 11.3 Å². The molecule has 5 nitrogen and oxygen atoms in total. The minimum absolute atomic E-state index is 0.00537. The summed E-state index contributed by atoms with van der Waals surface area (Å²) >= 11 is 1.66. The van der Waals surface area contributed by atoms with Gasteiger partial charge in [0.2, 0.25) is 5.91 Å². The third-order valence-electron chi connectivity index (χ3n) is 5.22. The summed E-state index contributed by atoms with van der Waals surface area (Å²) in [6, 6.07) is 14.7. The molecule has 1 aromatic heterocycles. The lowest BCUT2D eigenvalue weighted by atomic mass is 9.82. The SMILES string of the molecule is CS(=O)(=O)c1ccc(CNC(=O)[C@H]2CC=CC[C@@H]2c2nc3ccccc3s2)cc1. The molecule has 1 aliphatic carbocycles. The molecule has 1 amide bonds. The van der Waals surface area contributed by atoms with Crippen LogP contribution in [0.3, 0.4) is 0 Å². The number of nitrogens with one attached hydrogen (secondary N) is 1. The van der Waals surface area contributed by atoms with Gasteiger partial charge in [0.1, 0.15) is 0 Å². The number of sulfone groups is 1. The minimum Gasteiger partial charge on any atom is -0.352 e. The minimum atomic E-state index is -3.22. The van der Waals surface area contributed by atoms with Gasteiger partial charge in [0.25, 0.3) is 0 Å². The van der Waals surface area contributed by atoms with E-state index in [-0.39, 0.29) is 22.6 Å². The van der Waals surface area contributed by atoms with E-state index in [1.54, 1.807) is 35.6 Å². The molecule has 2 atom stereocenters. The molecule has 150 valence electrons. The number of aromatic nitrogens is 1. The van der Waals surface area contributed by atoms with Gasteiger partial charge in [-0.2, -0.15) is 0 Å². The molecular weight excluding hydrogens is 404 g/mol. The zero-order chi connectivity index (χ0) is 20.4. The fraction of sp³-hybridized carbons (Fsp3) is 0.273. The second kappa shape index (κ2) is 8.08. The lowest BCUT2D eigenvalue weighted by Crippen LogP contribution is -2.34.